The molecule has 21 heavy (non-hydrogen) atoms. The van der Waals surface area contributed by atoms with Crippen molar-refractivity contribution in [2.75, 3.05) is 26.2 Å². The maximum absolute atomic E-state index is 11.7. The van der Waals surface area contributed by atoms with Gasteiger partial charge in [0.25, 0.3) is 0 Å². The molecule has 4 nitrogen and oxygen atoms in total. The van der Waals surface area contributed by atoms with Gasteiger partial charge in [0.1, 0.15) is 0 Å². The molecule has 0 unspecified atom stereocenters. The van der Waals surface area contributed by atoms with Gasteiger partial charge >= 0.3 is 0 Å². The normalized spacial score (nSPS) is 17.0. The van der Waals surface area contributed by atoms with Gasteiger partial charge in [-0.25, -0.2) is 0 Å². The molecule has 1 saturated heterocycles. The smallest absolute Gasteiger partial charge is 0.239 e. The van der Waals surface area contributed by atoms with Crippen molar-refractivity contribution in [2.45, 2.75) is 52.5 Å². The second-order valence-corrected chi connectivity index (χ2v) is 6.90. The molecule has 1 rings (SSSR count). The Bertz CT molecular complexity index is 285. The SMILES string of the molecule is CC(C)CCN1CCC(CNC(=O)C(C)(C)N)CC1.Cl.Cl. The van der Waals surface area contributed by atoms with Crippen LogP contribution in [0.2, 0.25) is 0 Å². The highest BCUT2D eigenvalue weighted by atomic mass is 35.5. The first-order valence-electron chi connectivity index (χ1n) is 7.58. The van der Waals surface area contributed by atoms with Gasteiger partial charge in [-0.3, -0.25) is 4.79 Å². The Hall–Kier alpha value is -0.0300. The van der Waals surface area contributed by atoms with E-state index in [1.165, 1.54) is 38.9 Å². The van der Waals surface area contributed by atoms with Crippen LogP contribution < -0.4 is 11.1 Å². The van der Waals surface area contributed by atoms with Gasteiger partial charge < -0.3 is 16.0 Å². The van der Waals surface area contributed by atoms with E-state index < -0.39 is 5.54 Å². The lowest BCUT2D eigenvalue weighted by atomic mass is 9.95. The minimum atomic E-state index is -0.766. The van der Waals surface area contributed by atoms with Crippen LogP contribution in [0.25, 0.3) is 0 Å². The highest BCUT2D eigenvalue weighted by molar-refractivity contribution is 5.85. The number of piperidine rings is 1. The molecule has 1 fully saturated rings. The predicted octanol–water partition coefficient (Wildman–Crippen LogP) is 2.44. The number of carbonyl (C=O) groups excluding carboxylic acids is 1. The molecule has 0 atom stereocenters. The lowest BCUT2D eigenvalue weighted by Gasteiger charge is -2.32. The second kappa shape index (κ2) is 10.7. The van der Waals surface area contributed by atoms with Gasteiger partial charge in [-0.05, 0) is 64.6 Å². The zero-order valence-corrected chi connectivity index (χ0v) is 15.5. The van der Waals surface area contributed by atoms with Gasteiger partial charge in [-0.2, -0.15) is 0 Å². The summed E-state index contributed by atoms with van der Waals surface area (Å²) in [5.74, 6) is 1.35. The number of hydrogen-bond acceptors (Lipinski definition) is 3. The molecule has 0 bridgehead atoms. The average Bonchev–Trinajstić information content (AvgIpc) is 2.33. The number of likely N-dealkylation sites (tertiary alicyclic amines) is 1. The Balaban J connectivity index is 0. The summed E-state index contributed by atoms with van der Waals surface area (Å²) in [6.45, 7) is 12.4. The zero-order chi connectivity index (χ0) is 14.5. The van der Waals surface area contributed by atoms with Crippen molar-refractivity contribution in [3.63, 3.8) is 0 Å². The molecular formula is C15H33Cl2N3O. The van der Waals surface area contributed by atoms with Gasteiger partial charge in [-0.1, -0.05) is 13.8 Å². The molecular weight excluding hydrogens is 309 g/mol. The van der Waals surface area contributed by atoms with Crippen molar-refractivity contribution >= 4 is 30.7 Å². The first kappa shape index (κ1) is 23.2. The molecule has 0 spiro atoms. The highest BCUT2D eigenvalue weighted by Crippen LogP contribution is 2.17. The fourth-order valence-electron chi connectivity index (χ4n) is 2.32. The molecule has 1 aliphatic heterocycles. The van der Waals surface area contributed by atoms with Crippen LogP contribution in [0.15, 0.2) is 0 Å². The lowest BCUT2D eigenvalue weighted by molar-refractivity contribution is -0.125. The van der Waals surface area contributed by atoms with Gasteiger partial charge in [-0.15, -0.1) is 24.8 Å². The number of rotatable bonds is 6. The average molecular weight is 342 g/mol. The van der Waals surface area contributed by atoms with Crippen LogP contribution in [0.5, 0.6) is 0 Å². The minimum absolute atomic E-state index is 0. The highest BCUT2D eigenvalue weighted by Gasteiger charge is 2.24. The third-order valence-electron chi connectivity index (χ3n) is 3.87. The molecule has 3 N–H and O–H groups in total. The second-order valence-electron chi connectivity index (χ2n) is 6.90. The summed E-state index contributed by atoms with van der Waals surface area (Å²) >= 11 is 0. The van der Waals surface area contributed by atoms with E-state index >= 15 is 0 Å². The molecule has 0 aromatic rings. The van der Waals surface area contributed by atoms with Gasteiger partial charge in [0.15, 0.2) is 0 Å². The van der Waals surface area contributed by atoms with E-state index in [0.717, 1.165) is 12.5 Å². The molecule has 0 aromatic carbocycles. The fraction of sp³-hybridized carbons (Fsp3) is 0.933. The first-order valence-corrected chi connectivity index (χ1v) is 7.58. The van der Waals surface area contributed by atoms with E-state index in [9.17, 15) is 4.79 Å². The van der Waals surface area contributed by atoms with Crippen LogP contribution in [0.1, 0.15) is 47.0 Å². The fourth-order valence-corrected chi connectivity index (χ4v) is 2.32. The summed E-state index contributed by atoms with van der Waals surface area (Å²) in [7, 11) is 0. The van der Waals surface area contributed by atoms with E-state index in [0.29, 0.717) is 5.92 Å². The number of carbonyl (C=O) groups is 1. The minimum Gasteiger partial charge on any atom is -0.354 e. The molecule has 1 amide bonds. The van der Waals surface area contributed by atoms with Crippen LogP contribution in [0.4, 0.5) is 0 Å². The Morgan fingerprint density at radius 2 is 1.81 bits per heavy atom. The van der Waals surface area contributed by atoms with E-state index in [1.54, 1.807) is 13.8 Å². The van der Waals surface area contributed by atoms with Gasteiger partial charge in [0, 0.05) is 6.54 Å². The van der Waals surface area contributed by atoms with Crippen molar-refractivity contribution in [1.29, 1.82) is 0 Å². The van der Waals surface area contributed by atoms with Crippen molar-refractivity contribution < 1.29 is 4.79 Å². The molecule has 128 valence electrons. The maximum Gasteiger partial charge on any atom is 0.239 e. The molecule has 0 aromatic heterocycles. The van der Waals surface area contributed by atoms with Crippen LogP contribution in [0.3, 0.4) is 0 Å². The monoisotopic (exact) mass is 341 g/mol. The van der Waals surface area contributed by atoms with Crippen LogP contribution in [-0.2, 0) is 4.79 Å². The molecule has 0 radical (unpaired) electrons. The van der Waals surface area contributed by atoms with E-state index in [-0.39, 0.29) is 30.7 Å². The number of nitrogens with two attached hydrogens (primary N) is 1. The third-order valence-corrected chi connectivity index (χ3v) is 3.87. The summed E-state index contributed by atoms with van der Waals surface area (Å²) < 4.78 is 0. The Morgan fingerprint density at radius 3 is 2.24 bits per heavy atom. The predicted molar refractivity (Wildman–Crippen MR) is 94.4 cm³/mol. The number of nitrogens with zero attached hydrogens (tertiary/aromatic N) is 1. The summed E-state index contributed by atoms with van der Waals surface area (Å²) in [5.41, 5.74) is 5.00. The van der Waals surface area contributed by atoms with E-state index in [1.807, 2.05) is 0 Å². The summed E-state index contributed by atoms with van der Waals surface area (Å²) in [5, 5.41) is 2.97. The standard InChI is InChI=1S/C15H31N3O.2ClH/c1-12(2)5-8-18-9-6-13(7-10-18)11-17-14(19)15(3,4)16;;/h12-13H,5-11,16H2,1-4H3,(H,17,19);2*1H. The van der Waals surface area contributed by atoms with E-state index in [4.69, 9.17) is 5.73 Å². The molecule has 6 heteroatoms. The number of halogens is 2. The van der Waals surface area contributed by atoms with Crippen LogP contribution in [-0.4, -0.2) is 42.5 Å². The van der Waals surface area contributed by atoms with Gasteiger partial charge in [0.05, 0.1) is 5.54 Å². The number of hydrogen-bond donors (Lipinski definition) is 2. The number of amides is 1. The largest absolute Gasteiger partial charge is 0.354 e. The van der Waals surface area contributed by atoms with Crippen molar-refractivity contribution in [1.82, 2.24) is 10.2 Å². The van der Waals surface area contributed by atoms with Crippen LogP contribution >= 0.6 is 24.8 Å². The quantitative estimate of drug-likeness (QED) is 0.779. The molecule has 1 heterocycles. The topological polar surface area (TPSA) is 58.4 Å². The summed E-state index contributed by atoms with van der Waals surface area (Å²) in [6.07, 6.45) is 3.65. The van der Waals surface area contributed by atoms with Crippen molar-refractivity contribution in [3.05, 3.63) is 0 Å². The van der Waals surface area contributed by atoms with E-state index in [2.05, 4.69) is 24.1 Å². The summed E-state index contributed by atoms with van der Waals surface area (Å²) in [4.78, 5) is 14.2. The summed E-state index contributed by atoms with van der Waals surface area (Å²) in [6, 6.07) is 0. The molecule has 0 saturated carbocycles. The zero-order valence-electron chi connectivity index (χ0n) is 13.9. The van der Waals surface area contributed by atoms with Gasteiger partial charge in [0.2, 0.25) is 5.91 Å². The van der Waals surface area contributed by atoms with Crippen LogP contribution in [0, 0.1) is 11.8 Å². The number of nitrogens with one attached hydrogen (secondary N) is 1. The first-order chi connectivity index (χ1) is 8.79. The maximum atomic E-state index is 11.7. The lowest BCUT2D eigenvalue weighted by Crippen LogP contribution is -2.50. The molecule has 0 aliphatic carbocycles. The Kier molecular flexibility index (Phi) is 11.8. The van der Waals surface area contributed by atoms with Crippen molar-refractivity contribution in [3.8, 4) is 0 Å². The third kappa shape index (κ3) is 9.56. The van der Waals surface area contributed by atoms with Crippen molar-refractivity contribution in [2.24, 2.45) is 17.6 Å². The molecule has 1 aliphatic rings. The Labute approximate surface area is 142 Å². The Morgan fingerprint density at radius 1 is 1.29 bits per heavy atom.